The van der Waals surface area contributed by atoms with E-state index in [9.17, 15) is 9.90 Å². The molecule has 1 aliphatic carbocycles. The Labute approximate surface area is 113 Å². The molecular weight excluding hydrogens is 242 g/mol. The third kappa shape index (κ3) is 3.22. The fraction of sp³-hybridized carbons (Fsp3) is 0.643. The molecule has 19 heavy (non-hydrogen) atoms. The third-order valence-electron chi connectivity index (χ3n) is 4.10. The Hall–Kier alpha value is -1.65. The summed E-state index contributed by atoms with van der Waals surface area (Å²) in [5.41, 5.74) is 0.227. The van der Waals surface area contributed by atoms with Crippen LogP contribution in [0.25, 0.3) is 0 Å². The molecule has 0 unspecified atom stereocenters. The van der Waals surface area contributed by atoms with Gasteiger partial charge in [0.15, 0.2) is 0 Å². The maximum atomic E-state index is 11.6. The van der Waals surface area contributed by atoms with Gasteiger partial charge in [0.2, 0.25) is 0 Å². The largest absolute Gasteiger partial charge is 0.481 e. The zero-order chi connectivity index (χ0) is 13.9. The van der Waals surface area contributed by atoms with Crippen LogP contribution >= 0.6 is 0 Å². The molecule has 0 aromatic carbocycles. The first kappa shape index (κ1) is 13.8. The lowest BCUT2D eigenvalue weighted by Gasteiger charge is -2.35. The van der Waals surface area contributed by atoms with E-state index in [1.807, 2.05) is 13.0 Å². The highest BCUT2D eigenvalue weighted by atomic mass is 16.4. The highest BCUT2D eigenvalue weighted by molar-refractivity contribution is 5.75. The number of nitrogens with one attached hydrogen (secondary N) is 1. The van der Waals surface area contributed by atoms with Crippen LogP contribution in [0.3, 0.4) is 0 Å². The van der Waals surface area contributed by atoms with Gasteiger partial charge in [0.05, 0.1) is 5.41 Å². The van der Waals surface area contributed by atoms with Crippen LogP contribution < -0.4 is 5.32 Å². The lowest BCUT2D eigenvalue weighted by Crippen LogP contribution is -2.41. The van der Waals surface area contributed by atoms with Crippen molar-refractivity contribution in [2.45, 2.75) is 39.5 Å². The summed E-state index contributed by atoms with van der Waals surface area (Å²) in [7, 11) is 0. The van der Waals surface area contributed by atoms with Crippen LogP contribution in [0.2, 0.25) is 0 Å². The van der Waals surface area contributed by atoms with Gasteiger partial charge in [0.25, 0.3) is 0 Å². The maximum Gasteiger partial charge on any atom is 0.311 e. The Morgan fingerprint density at radius 2 is 2.16 bits per heavy atom. The van der Waals surface area contributed by atoms with E-state index < -0.39 is 11.4 Å². The van der Waals surface area contributed by atoms with Gasteiger partial charge in [-0.25, -0.2) is 9.97 Å². The molecule has 2 N–H and O–H groups in total. The van der Waals surface area contributed by atoms with Crippen molar-refractivity contribution >= 4 is 11.8 Å². The second-order valence-electron chi connectivity index (χ2n) is 5.67. The van der Waals surface area contributed by atoms with E-state index in [-0.39, 0.29) is 0 Å². The van der Waals surface area contributed by atoms with Crippen molar-refractivity contribution < 1.29 is 9.90 Å². The predicted molar refractivity (Wildman–Crippen MR) is 73.0 cm³/mol. The fourth-order valence-electron chi connectivity index (χ4n) is 2.59. The normalized spacial score (nSPS) is 26.9. The molecule has 1 aromatic rings. The van der Waals surface area contributed by atoms with Gasteiger partial charge in [0.1, 0.15) is 12.1 Å². The summed E-state index contributed by atoms with van der Waals surface area (Å²) in [4.78, 5) is 19.7. The zero-order valence-electron chi connectivity index (χ0n) is 11.5. The van der Waals surface area contributed by atoms with Crippen molar-refractivity contribution in [3.05, 3.63) is 18.1 Å². The second-order valence-corrected chi connectivity index (χ2v) is 5.67. The van der Waals surface area contributed by atoms with Crippen molar-refractivity contribution in [1.82, 2.24) is 9.97 Å². The Morgan fingerprint density at radius 3 is 2.74 bits per heavy atom. The Balaban J connectivity index is 2.04. The lowest BCUT2D eigenvalue weighted by atomic mass is 9.71. The van der Waals surface area contributed by atoms with Crippen LogP contribution in [0.4, 0.5) is 5.82 Å². The van der Waals surface area contributed by atoms with Crippen molar-refractivity contribution in [2.75, 3.05) is 11.9 Å². The number of hydrogen-bond donors (Lipinski definition) is 2. The predicted octanol–water partition coefficient (Wildman–Crippen LogP) is 2.48. The van der Waals surface area contributed by atoms with Crippen LogP contribution in [0.1, 0.15) is 38.3 Å². The van der Waals surface area contributed by atoms with E-state index in [4.69, 9.17) is 0 Å². The Morgan fingerprint density at radius 1 is 1.47 bits per heavy atom. The zero-order valence-corrected chi connectivity index (χ0v) is 11.5. The monoisotopic (exact) mass is 263 g/mol. The number of carbonyl (C=O) groups is 1. The topological polar surface area (TPSA) is 75.1 Å². The maximum absolute atomic E-state index is 11.6. The quantitative estimate of drug-likeness (QED) is 0.872. The summed E-state index contributed by atoms with van der Waals surface area (Å²) < 4.78 is 0. The number of carboxylic acid groups (broad SMARTS) is 1. The van der Waals surface area contributed by atoms with E-state index >= 15 is 0 Å². The molecule has 0 spiro atoms. The summed E-state index contributed by atoms with van der Waals surface area (Å²) in [5, 5.41) is 12.7. The number of anilines is 1. The van der Waals surface area contributed by atoms with Gasteiger partial charge >= 0.3 is 5.97 Å². The Bertz CT molecular complexity index is 454. The molecule has 1 aromatic heterocycles. The minimum absolute atomic E-state index is 0.436. The third-order valence-corrected chi connectivity index (χ3v) is 4.10. The van der Waals surface area contributed by atoms with Gasteiger partial charge in [-0.15, -0.1) is 0 Å². The SMILES string of the molecule is Cc1cc(NCC2(C(=O)O)CCC(C)CC2)ncn1. The number of aryl methyl sites for hydroxylation is 1. The standard InChI is InChI=1S/C14H21N3O2/c1-10-3-5-14(6-4-10,13(18)19)8-15-12-7-11(2)16-9-17-12/h7,9-10H,3-6,8H2,1-2H3,(H,18,19)(H,15,16,17). The summed E-state index contributed by atoms with van der Waals surface area (Å²) in [6.45, 7) is 4.51. The number of rotatable bonds is 4. The number of carboxylic acids is 1. The van der Waals surface area contributed by atoms with Gasteiger partial charge in [-0.3, -0.25) is 4.79 Å². The fourth-order valence-corrected chi connectivity index (χ4v) is 2.59. The van der Waals surface area contributed by atoms with Gasteiger partial charge < -0.3 is 10.4 Å². The number of hydrogen-bond acceptors (Lipinski definition) is 4. The molecule has 1 aliphatic rings. The average molecular weight is 263 g/mol. The lowest BCUT2D eigenvalue weighted by molar-refractivity contribution is -0.150. The molecule has 1 heterocycles. The number of aliphatic carboxylic acids is 1. The first-order valence-electron chi connectivity index (χ1n) is 6.78. The van der Waals surface area contributed by atoms with Crippen LogP contribution in [0.5, 0.6) is 0 Å². The summed E-state index contributed by atoms with van der Waals surface area (Å²) >= 11 is 0. The Kier molecular flexibility index (Phi) is 4.02. The van der Waals surface area contributed by atoms with Crippen LogP contribution in [0, 0.1) is 18.3 Å². The van der Waals surface area contributed by atoms with E-state index in [0.717, 1.165) is 31.4 Å². The average Bonchev–Trinajstić information content (AvgIpc) is 2.38. The molecule has 0 radical (unpaired) electrons. The highest BCUT2D eigenvalue weighted by Crippen LogP contribution is 2.39. The molecule has 5 nitrogen and oxygen atoms in total. The molecular formula is C14H21N3O2. The molecule has 2 rings (SSSR count). The summed E-state index contributed by atoms with van der Waals surface area (Å²) in [5.74, 6) is 0.637. The summed E-state index contributed by atoms with van der Waals surface area (Å²) in [6.07, 6.45) is 4.93. The first-order valence-corrected chi connectivity index (χ1v) is 6.78. The highest BCUT2D eigenvalue weighted by Gasteiger charge is 2.41. The smallest absolute Gasteiger partial charge is 0.311 e. The van der Waals surface area contributed by atoms with Crippen LogP contribution in [-0.4, -0.2) is 27.6 Å². The number of nitrogens with zero attached hydrogens (tertiary/aromatic N) is 2. The van der Waals surface area contributed by atoms with Crippen molar-refractivity contribution in [1.29, 1.82) is 0 Å². The minimum Gasteiger partial charge on any atom is -0.481 e. The molecule has 0 bridgehead atoms. The van der Waals surface area contributed by atoms with E-state index in [2.05, 4.69) is 22.2 Å². The second kappa shape index (κ2) is 5.55. The molecule has 5 heteroatoms. The molecule has 1 saturated carbocycles. The van der Waals surface area contributed by atoms with E-state index in [1.165, 1.54) is 6.33 Å². The molecule has 0 saturated heterocycles. The van der Waals surface area contributed by atoms with Crippen molar-refractivity contribution in [2.24, 2.45) is 11.3 Å². The summed E-state index contributed by atoms with van der Waals surface area (Å²) in [6, 6.07) is 1.83. The first-order chi connectivity index (χ1) is 9.02. The van der Waals surface area contributed by atoms with Crippen molar-refractivity contribution in [3.8, 4) is 0 Å². The van der Waals surface area contributed by atoms with Crippen LogP contribution in [-0.2, 0) is 4.79 Å². The van der Waals surface area contributed by atoms with E-state index in [0.29, 0.717) is 18.3 Å². The van der Waals surface area contributed by atoms with Crippen molar-refractivity contribution in [3.63, 3.8) is 0 Å². The molecule has 0 amide bonds. The minimum atomic E-state index is -0.697. The van der Waals surface area contributed by atoms with Gasteiger partial charge in [0, 0.05) is 18.3 Å². The molecule has 104 valence electrons. The molecule has 0 atom stereocenters. The van der Waals surface area contributed by atoms with E-state index in [1.54, 1.807) is 0 Å². The molecule has 1 fully saturated rings. The number of aromatic nitrogens is 2. The van der Waals surface area contributed by atoms with Gasteiger partial charge in [-0.05, 0) is 38.5 Å². The molecule has 0 aliphatic heterocycles. The van der Waals surface area contributed by atoms with Gasteiger partial charge in [-0.2, -0.15) is 0 Å². The van der Waals surface area contributed by atoms with Gasteiger partial charge in [-0.1, -0.05) is 6.92 Å². The van der Waals surface area contributed by atoms with Crippen LogP contribution in [0.15, 0.2) is 12.4 Å².